The Morgan fingerprint density at radius 3 is 2.62 bits per heavy atom. The number of para-hydroxylation sites is 1. The number of nitrogens with zero attached hydrogens (tertiary/aromatic N) is 1. The summed E-state index contributed by atoms with van der Waals surface area (Å²) in [6.07, 6.45) is 0.0808. The van der Waals surface area contributed by atoms with Gasteiger partial charge in [-0.25, -0.2) is 4.79 Å². The Morgan fingerprint density at radius 1 is 1.19 bits per heavy atom. The number of hydrogen-bond donors (Lipinski definition) is 1. The van der Waals surface area contributed by atoms with Crippen molar-refractivity contribution in [1.29, 1.82) is 0 Å². The average molecular weight is 373 g/mol. The number of hydrogen-bond acceptors (Lipinski definition) is 4. The highest BCUT2D eigenvalue weighted by Gasteiger charge is 2.36. The van der Waals surface area contributed by atoms with Crippen molar-refractivity contribution in [3.63, 3.8) is 0 Å². The molecule has 2 amide bonds. The quantitative estimate of drug-likeness (QED) is 0.837. The van der Waals surface area contributed by atoms with Crippen LogP contribution in [0, 0.1) is 5.92 Å². The predicted molar refractivity (Wildman–Crippen MR) is 98.3 cm³/mol. The van der Waals surface area contributed by atoms with Gasteiger partial charge in [0.25, 0.3) is 0 Å². The van der Waals surface area contributed by atoms with Crippen LogP contribution in [0.4, 0.5) is 11.4 Å². The maximum Gasteiger partial charge on any atom is 0.337 e. The molecule has 0 saturated carbocycles. The normalized spacial score (nSPS) is 16.5. The molecule has 1 N–H and O–H groups in total. The molecular formula is C19H17ClN2O4. The summed E-state index contributed by atoms with van der Waals surface area (Å²) < 4.78 is 4.70. The van der Waals surface area contributed by atoms with E-state index in [1.165, 1.54) is 30.2 Å². The molecule has 134 valence electrons. The van der Waals surface area contributed by atoms with Crippen LogP contribution in [0.15, 0.2) is 48.5 Å². The van der Waals surface area contributed by atoms with Crippen molar-refractivity contribution in [3.05, 3.63) is 59.1 Å². The van der Waals surface area contributed by atoms with E-state index in [4.69, 9.17) is 16.3 Å². The van der Waals surface area contributed by atoms with E-state index in [0.717, 1.165) is 0 Å². The molecule has 0 spiro atoms. The van der Waals surface area contributed by atoms with Crippen LogP contribution in [0.5, 0.6) is 0 Å². The molecule has 1 heterocycles. The van der Waals surface area contributed by atoms with Gasteiger partial charge in [-0.2, -0.15) is 0 Å². The van der Waals surface area contributed by atoms with E-state index in [2.05, 4.69) is 5.32 Å². The number of amides is 2. The molecule has 0 aromatic heterocycles. The van der Waals surface area contributed by atoms with Crippen molar-refractivity contribution in [3.8, 4) is 0 Å². The number of carbonyl (C=O) groups excluding carboxylic acids is 3. The standard InChI is InChI=1S/C19H17ClN2O4/c1-26-19(25)12-7-8-15(20)16(9-12)22-11-13(10-17(22)23)18(24)21-14-5-3-2-4-6-14/h2-9,13H,10-11H2,1H3,(H,21,24). The lowest BCUT2D eigenvalue weighted by Gasteiger charge is -2.19. The van der Waals surface area contributed by atoms with Crippen LogP contribution in [0.2, 0.25) is 5.02 Å². The van der Waals surface area contributed by atoms with Gasteiger partial charge in [-0.3, -0.25) is 9.59 Å². The molecule has 1 aliphatic rings. The van der Waals surface area contributed by atoms with E-state index in [-0.39, 0.29) is 30.3 Å². The highest BCUT2D eigenvalue weighted by Crippen LogP contribution is 2.32. The molecule has 3 rings (SSSR count). The first-order chi connectivity index (χ1) is 12.5. The summed E-state index contributed by atoms with van der Waals surface area (Å²) >= 11 is 6.20. The van der Waals surface area contributed by atoms with Gasteiger partial charge in [-0.05, 0) is 30.3 Å². The monoisotopic (exact) mass is 372 g/mol. The fraction of sp³-hybridized carbons (Fsp3) is 0.211. The zero-order chi connectivity index (χ0) is 18.7. The smallest absolute Gasteiger partial charge is 0.337 e. The summed E-state index contributed by atoms with van der Waals surface area (Å²) in [7, 11) is 1.28. The van der Waals surface area contributed by atoms with E-state index in [1.807, 2.05) is 18.2 Å². The third kappa shape index (κ3) is 3.70. The lowest BCUT2D eigenvalue weighted by Crippen LogP contribution is -2.28. The lowest BCUT2D eigenvalue weighted by atomic mass is 10.1. The van der Waals surface area contributed by atoms with Crippen LogP contribution < -0.4 is 10.2 Å². The Hall–Kier alpha value is -2.86. The molecule has 0 aliphatic carbocycles. The minimum Gasteiger partial charge on any atom is -0.465 e. The first-order valence-corrected chi connectivity index (χ1v) is 8.41. The molecule has 6 nitrogen and oxygen atoms in total. The molecule has 1 aliphatic heterocycles. The molecule has 1 unspecified atom stereocenters. The predicted octanol–water partition coefficient (Wildman–Crippen LogP) is 3.12. The number of nitrogens with one attached hydrogen (secondary N) is 1. The second kappa shape index (κ2) is 7.58. The van der Waals surface area contributed by atoms with Crippen molar-refractivity contribution < 1.29 is 19.1 Å². The summed E-state index contributed by atoms with van der Waals surface area (Å²) in [6.45, 7) is 0.196. The molecule has 2 aromatic rings. The average Bonchev–Trinajstić information content (AvgIpc) is 3.04. The topological polar surface area (TPSA) is 75.7 Å². The molecule has 0 bridgehead atoms. The number of halogens is 1. The number of rotatable bonds is 4. The molecule has 2 aromatic carbocycles. The second-order valence-corrected chi connectivity index (χ2v) is 6.33. The van der Waals surface area contributed by atoms with Crippen molar-refractivity contribution in [2.24, 2.45) is 5.92 Å². The van der Waals surface area contributed by atoms with Gasteiger partial charge in [0.2, 0.25) is 11.8 Å². The van der Waals surface area contributed by atoms with Gasteiger partial charge >= 0.3 is 5.97 Å². The Morgan fingerprint density at radius 2 is 1.92 bits per heavy atom. The van der Waals surface area contributed by atoms with Crippen molar-refractivity contribution >= 4 is 40.8 Å². The second-order valence-electron chi connectivity index (χ2n) is 5.92. The van der Waals surface area contributed by atoms with E-state index >= 15 is 0 Å². The van der Waals surface area contributed by atoms with Crippen LogP contribution >= 0.6 is 11.6 Å². The number of esters is 1. The maximum atomic E-state index is 12.4. The molecule has 1 fully saturated rings. The van der Waals surface area contributed by atoms with Gasteiger partial charge in [0.15, 0.2) is 0 Å². The van der Waals surface area contributed by atoms with Crippen molar-refractivity contribution in [2.75, 3.05) is 23.9 Å². The third-order valence-corrected chi connectivity index (χ3v) is 4.51. The molecule has 26 heavy (non-hydrogen) atoms. The number of benzene rings is 2. The van der Waals surface area contributed by atoms with E-state index in [1.54, 1.807) is 12.1 Å². The van der Waals surface area contributed by atoms with Crippen LogP contribution in [0.3, 0.4) is 0 Å². The van der Waals surface area contributed by atoms with Crippen LogP contribution in [-0.4, -0.2) is 31.4 Å². The summed E-state index contributed by atoms with van der Waals surface area (Å²) in [5.74, 6) is -1.47. The van der Waals surface area contributed by atoms with Gasteiger partial charge in [0.05, 0.1) is 29.3 Å². The maximum absolute atomic E-state index is 12.4. The van der Waals surface area contributed by atoms with Crippen LogP contribution in [0.1, 0.15) is 16.8 Å². The first-order valence-electron chi connectivity index (χ1n) is 8.03. The van der Waals surface area contributed by atoms with Crippen LogP contribution in [-0.2, 0) is 14.3 Å². The number of methoxy groups -OCH3 is 1. The third-order valence-electron chi connectivity index (χ3n) is 4.20. The van der Waals surface area contributed by atoms with Gasteiger partial charge in [-0.15, -0.1) is 0 Å². The fourth-order valence-electron chi connectivity index (χ4n) is 2.85. The van der Waals surface area contributed by atoms with Gasteiger partial charge in [0.1, 0.15) is 0 Å². The summed E-state index contributed by atoms with van der Waals surface area (Å²) in [4.78, 5) is 38.0. The van der Waals surface area contributed by atoms with Gasteiger partial charge in [0, 0.05) is 18.7 Å². The van der Waals surface area contributed by atoms with Crippen molar-refractivity contribution in [2.45, 2.75) is 6.42 Å². The van der Waals surface area contributed by atoms with E-state index in [0.29, 0.717) is 16.4 Å². The highest BCUT2D eigenvalue weighted by atomic mass is 35.5. The Labute approximate surface area is 155 Å². The molecule has 1 saturated heterocycles. The summed E-state index contributed by atoms with van der Waals surface area (Å²) in [5.41, 5.74) is 1.36. The minimum atomic E-state index is -0.520. The zero-order valence-electron chi connectivity index (χ0n) is 14.1. The number of anilines is 2. The molecule has 1 atom stereocenters. The highest BCUT2D eigenvalue weighted by molar-refractivity contribution is 6.34. The number of ether oxygens (including phenoxy) is 1. The van der Waals surface area contributed by atoms with Gasteiger partial charge < -0.3 is 15.0 Å². The molecule has 0 radical (unpaired) electrons. The minimum absolute atomic E-state index is 0.0808. The molecular weight excluding hydrogens is 356 g/mol. The Balaban J connectivity index is 1.77. The van der Waals surface area contributed by atoms with Gasteiger partial charge in [-0.1, -0.05) is 29.8 Å². The largest absolute Gasteiger partial charge is 0.465 e. The molecule has 7 heteroatoms. The fourth-order valence-corrected chi connectivity index (χ4v) is 3.07. The Bertz CT molecular complexity index is 854. The first kappa shape index (κ1) is 17.9. The van der Waals surface area contributed by atoms with E-state index in [9.17, 15) is 14.4 Å². The summed E-state index contributed by atoms with van der Waals surface area (Å²) in [5, 5.41) is 3.13. The van der Waals surface area contributed by atoms with Crippen LogP contribution in [0.25, 0.3) is 0 Å². The SMILES string of the molecule is COC(=O)c1ccc(Cl)c(N2CC(C(=O)Nc3ccccc3)CC2=O)c1. The van der Waals surface area contributed by atoms with Crippen molar-refractivity contribution in [1.82, 2.24) is 0 Å². The Kier molecular flexibility index (Phi) is 5.23. The zero-order valence-corrected chi connectivity index (χ0v) is 14.8. The van der Waals surface area contributed by atoms with E-state index < -0.39 is 11.9 Å². The summed E-state index contributed by atoms with van der Waals surface area (Å²) in [6, 6.07) is 13.6. The number of carbonyl (C=O) groups is 3. The lowest BCUT2D eigenvalue weighted by molar-refractivity contribution is -0.122.